The summed E-state index contributed by atoms with van der Waals surface area (Å²) in [5.74, 6) is -1.42. The first-order valence-corrected chi connectivity index (χ1v) is 11.7. The third-order valence-corrected chi connectivity index (χ3v) is 6.10. The van der Waals surface area contributed by atoms with Gasteiger partial charge in [-0.05, 0) is 60.2 Å². The number of rotatable bonds is 5. The molecule has 3 aromatic carbocycles. The first-order chi connectivity index (χ1) is 16.2. The van der Waals surface area contributed by atoms with E-state index in [9.17, 15) is 14.4 Å². The number of nitrogens with one attached hydrogen (secondary N) is 1. The number of anilines is 1. The summed E-state index contributed by atoms with van der Waals surface area (Å²) in [6, 6.07) is 15.7. The predicted octanol–water partition coefficient (Wildman–Crippen LogP) is 6.65. The molecule has 1 saturated heterocycles. The molecule has 4 rings (SSSR count). The Balaban J connectivity index is 1.70. The SMILES string of the molecule is O=C1NC(=O)N(c2ccc(Br)cc2)C(=O)/C1=C/c1cc(Cl)cc(Cl)c1OCc1ccc(Cl)cc1. The summed E-state index contributed by atoms with van der Waals surface area (Å²) >= 11 is 21.8. The van der Waals surface area contributed by atoms with Gasteiger partial charge < -0.3 is 4.74 Å². The molecule has 0 atom stereocenters. The number of urea groups is 1. The van der Waals surface area contributed by atoms with Crippen molar-refractivity contribution < 1.29 is 19.1 Å². The maximum Gasteiger partial charge on any atom is 0.335 e. The predicted molar refractivity (Wildman–Crippen MR) is 135 cm³/mol. The first kappa shape index (κ1) is 24.3. The van der Waals surface area contributed by atoms with Crippen molar-refractivity contribution in [2.24, 2.45) is 0 Å². The number of carbonyl (C=O) groups excluding carboxylic acids is 3. The number of imide groups is 2. The number of nitrogens with zero attached hydrogens (tertiary/aromatic N) is 1. The molecule has 34 heavy (non-hydrogen) atoms. The smallest absolute Gasteiger partial charge is 0.335 e. The molecule has 0 spiro atoms. The zero-order valence-corrected chi connectivity index (χ0v) is 21.0. The van der Waals surface area contributed by atoms with Gasteiger partial charge in [0.05, 0.1) is 10.7 Å². The summed E-state index contributed by atoms with van der Waals surface area (Å²) in [5.41, 5.74) is 1.15. The molecule has 1 aliphatic heterocycles. The van der Waals surface area contributed by atoms with Crippen LogP contribution in [0.2, 0.25) is 15.1 Å². The number of barbiturate groups is 1. The van der Waals surface area contributed by atoms with Gasteiger partial charge in [0, 0.05) is 20.1 Å². The van der Waals surface area contributed by atoms with Gasteiger partial charge in [-0.2, -0.15) is 0 Å². The Hall–Kier alpha value is -2.84. The summed E-state index contributed by atoms with van der Waals surface area (Å²) in [7, 11) is 0. The largest absolute Gasteiger partial charge is 0.487 e. The molecule has 1 fully saturated rings. The highest BCUT2D eigenvalue weighted by Crippen LogP contribution is 2.35. The molecule has 1 aliphatic rings. The maximum atomic E-state index is 13.2. The van der Waals surface area contributed by atoms with Gasteiger partial charge in [-0.3, -0.25) is 14.9 Å². The molecule has 0 saturated carbocycles. The fraction of sp³-hybridized carbons (Fsp3) is 0.0417. The van der Waals surface area contributed by atoms with Crippen molar-refractivity contribution in [2.45, 2.75) is 6.61 Å². The lowest BCUT2D eigenvalue weighted by Crippen LogP contribution is -2.54. The van der Waals surface area contributed by atoms with Gasteiger partial charge in [0.15, 0.2) is 0 Å². The minimum Gasteiger partial charge on any atom is -0.487 e. The van der Waals surface area contributed by atoms with Crippen LogP contribution in [-0.4, -0.2) is 17.8 Å². The highest BCUT2D eigenvalue weighted by Gasteiger charge is 2.37. The summed E-state index contributed by atoms with van der Waals surface area (Å²) < 4.78 is 6.67. The maximum absolute atomic E-state index is 13.2. The summed E-state index contributed by atoms with van der Waals surface area (Å²) in [5, 5.41) is 3.24. The molecule has 0 unspecified atom stereocenters. The summed E-state index contributed by atoms with van der Waals surface area (Å²) in [4.78, 5) is 39.0. The molecule has 0 radical (unpaired) electrons. The van der Waals surface area contributed by atoms with E-state index in [1.807, 2.05) is 0 Å². The van der Waals surface area contributed by atoms with Crippen molar-refractivity contribution >= 4 is 80.3 Å². The van der Waals surface area contributed by atoms with Crippen molar-refractivity contribution in [1.29, 1.82) is 0 Å². The molecular formula is C24H14BrCl3N2O4. The molecular weight excluding hydrogens is 567 g/mol. The van der Waals surface area contributed by atoms with E-state index in [0.29, 0.717) is 16.3 Å². The van der Waals surface area contributed by atoms with E-state index in [0.717, 1.165) is 14.9 Å². The Morgan fingerprint density at radius 3 is 2.26 bits per heavy atom. The van der Waals surface area contributed by atoms with Crippen molar-refractivity contribution in [3.8, 4) is 5.75 Å². The normalized spacial score (nSPS) is 15.0. The molecule has 0 aliphatic carbocycles. The molecule has 0 aromatic heterocycles. The standard InChI is InChI=1S/C24H14BrCl3N2O4/c25-15-3-7-18(8-4-15)30-23(32)19(22(31)29-24(30)33)10-14-9-17(27)11-20(28)21(14)34-12-13-1-5-16(26)6-2-13/h1-11H,12H2,(H,29,31,33)/b19-10+. The van der Waals surface area contributed by atoms with E-state index in [4.69, 9.17) is 39.5 Å². The Kier molecular flexibility index (Phi) is 7.28. The second-order valence-electron chi connectivity index (χ2n) is 7.16. The molecule has 0 bridgehead atoms. The molecule has 4 amide bonds. The topological polar surface area (TPSA) is 75.7 Å². The molecule has 172 valence electrons. The zero-order valence-electron chi connectivity index (χ0n) is 17.2. The van der Waals surface area contributed by atoms with Gasteiger partial charge in [-0.25, -0.2) is 9.69 Å². The second kappa shape index (κ2) is 10.2. The minimum absolute atomic E-state index is 0.151. The van der Waals surface area contributed by atoms with E-state index in [-0.39, 0.29) is 28.0 Å². The number of hydrogen-bond donors (Lipinski definition) is 1. The monoisotopic (exact) mass is 578 g/mol. The zero-order chi connectivity index (χ0) is 24.4. The van der Waals surface area contributed by atoms with E-state index >= 15 is 0 Å². The van der Waals surface area contributed by atoms with Crippen molar-refractivity contribution in [1.82, 2.24) is 5.32 Å². The number of halogens is 4. The highest BCUT2D eigenvalue weighted by molar-refractivity contribution is 9.10. The molecule has 10 heteroatoms. The second-order valence-corrected chi connectivity index (χ2v) is 9.35. The lowest BCUT2D eigenvalue weighted by atomic mass is 10.1. The van der Waals surface area contributed by atoms with Crippen molar-refractivity contribution in [3.63, 3.8) is 0 Å². The van der Waals surface area contributed by atoms with Gasteiger partial charge in [0.2, 0.25) is 0 Å². The number of carbonyl (C=O) groups is 3. The van der Waals surface area contributed by atoms with Crippen LogP contribution >= 0.6 is 50.7 Å². The van der Waals surface area contributed by atoms with Gasteiger partial charge in [-0.15, -0.1) is 0 Å². The third-order valence-electron chi connectivity index (χ3n) is 4.82. The van der Waals surface area contributed by atoms with Gasteiger partial charge in [0.25, 0.3) is 11.8 Å². The van der Waals surface area contributed by atoms with Crippen LogP contribution in [0.1, 0.15) is 11.1 Å². The Morgan fingerprint density at radius 2 is 1.59 bits per heavy atom. The van der Waals surface area contributed by atoms with Crippen molar-refractivity contribution in [2.75, 3.05) is 4.90 Å². The molecule has 3 aromatic rings. The van der Waals surface area contributed by atoms with Crippen LogP contribution in [0.5, 0.6) is 5.75 Å². The van der Waals surface area contributed by atoms with Crippen LogP contribution < -0.4 is 15.0 Å². The van der Waals surface area contributed by atoms with Gasteiger partial charge in [-0.1, -0.05) is 62.9 Å². The fourth-order valence-electron chi connectivity index (χ4n) is 3.21. The molecule has 1 N–H and O–H groups in total. The first-order valence-electron chi connectivity index (χ1n) is 9.76. The minimum atomic E-state index is -0.849. The van der Waals surface area contributed by atoms with E-state index in [1.54, 1.807) is 48.5 Å². The quantitative estimate of drug-likeness (QED) is 0.271. The van der Waals surface area contributed by atoms with Gasteiger partial charge in [0.1, 0.15) is 17.9 Å². The van der Waals surface area contributed by atoms with Crippen LogP contribution in [0, 0.1) is 0 Å². The highest BCUT2D eigenvalue weighted by atomic mass is 79.9. The Morgan fingerprint density at radius 1 is 0.912 bits per heavy atom. The summed E-state index contributed by atoms with van der Waals surface area (Å²) in [6.45, 7) is 0.151. The van der Waals surface area contributed by atoms with Crippen LogP contribution in [0.25, 0.3) is 6.08 Å². The Bertz CT molecular complexity index is 1330. The summed E-state index contributed by atoms with van der Waals surface area (Å²) in [6.07, 6.45) is 1.30. The van der Waals surface area contributed by atoms with Crippen LogP contribution in [0.3, 0.4) is 0 Å². The lowest BCUT2D eigenvalue weighted by molar-refractivity contribution is -0.122. The average molecular weight is 581 g/mol. The molecule has 6 nitrogen and oxygen atoms in total. The lowest BCUT2D eigenvalue weighted by Gasteiger charge is -2.26. The third kappa shape index (κ3) is 5.28. The number of benzene rings is 3. The van der Waals surface area contributed by atoms with Crippen LogP contribution in [0.15, 0.2) is 70.7 Å². The van der Waals surface area contributed by atoms with Crippen molar-refractivity contribution in [3.05, 3.63) is 96.9 Å². The number of ether oxygens (including phenoxy) is 1. The van der Waals surface area contributed by atoms with Crippen LogP contribution in [-0.2, 0) is 16.2 Å². The van der Waals surface area contributed by atoms with E-state index in [2.05, 4.69) is 21.2 Å². The number of hydrogen-bond acceptors (Lipinski definition) is 4. The molecule has 1 heterocycles. The van der Waals surface area contributed by atoms with Crippen LogP contribution in [0.4, 0.5) is 10.5 Å². The van der Waals surface area contributed by atoms with E-state index in [1.165, 1.54) is 18.2 Å². The number of amides is 4. The Labute approximate surface area is 218 Å². The van der Waals surface area contributed by atoms with E-state index < -0.39 is 17.8 Å². The fourth-order valence-corrected chi connectivity index (χ4v) is 4.17. The van der Waals surface area contributed by atoms with Gasteiger partial charge >= 0.3 is 6.03 Å². The average Bonchev–Trinajstić information content (AvgIpc) is 2.78.